The highest BCUT2D eigenvalue weighted by Gasteiger charge is 2.33. The molecule has 0 aromatic carbocycles. The molecule has 1 aliphatic heterocycles. The van der Waals surface area contributed by atoms with Crippen molar-refractivity contribution in [2.75, 3.05) is 13.1 Å². The standard InChI is InChI=1S/C13H21N3O4/c14-13(20)16-5-1-2-9(7-16)11(17)15-10-4-3-8(6-10)12(18)19/h8-10H,1-7H2,(H2,14,20)(H,15,17)(H,18,19)/t8-,9?,10+/m1/s1. The minimum absolute atomic E-state index is 0.0624. The lowest BCUT2D eigenvalue weighted by Gasteiger charge is -2.31. The number of likely N-dealkylation sites (tertiary alicyclic amines) is 1. The number of nitrogens with zero attached hydrogens (tertiary/aromatic N) is 1. The molecule has 1 aliphatic carbocycles. The highest BCUT2D eigenvalue weighted by molar-refractivity contribution is 5.81. The van der Waals surface area contributed by atoms with Crippen LogP contribution in [0.2, 0.25) is 0 Å². The van der Waals surface area contributed by atoms with Gasteiger partial charge in [0.25, 0.3) is 0 Å². The molecule has 0 spiro atoms. The zero-order valence-corrected chi connectivity index (χ0v) is 11.4. The van der Waals surface area contributed by atoms with E-state index >= 15 is 0 Å². The zero-order valence-electron chi connectivity index (χ0n) is 11.4. The number of piperidine rings is 1. The van der Waals surface area contributed by atoms with Gasteiger partial charge in [0.2, 0.25) is 5.91 Å². The Kier molecular flexibility index (Phi) is 4.46. The summed E-state index contributed by atoms with van der Waals surface area (Å²) >= 11 is 0. The Morgan fingerprint density at radius 1 is 1.15 bits per heavy atom. The average Bonchev–Trinajstić information content (AvgIpc) is 2.87. The number of carboxylic acid groups (broad SMARTS) is 1. The van der Waals surface area contributed by atoms with Crippen molar-refractivity contribution in [2.45, 2.75) is 38.1 Å². The monoisotopic (exact) mass is 283 g/mol. The van der Waals surface area contributed by atoms with Gasteiger partial charge in [-0.05, 0) is 32.1 Å². The number of nitrogens with two attached hydrogens (primary N) is 1. The molecule has 0 bridgehead atoms. The summed E-state index contributed by atoms with van der Waals surface area (Å²) in [7, 11) is 0. The van der Waals surface area contributed by atoms with Crippen LogP contribution >= 0.6 is 0 Å². The molecule has 3 atom stereocenters. The maximum atomic E-state index is 12.2. The third kappa shape index (κ3) is 3.40. The van der Waals surface area contributed by atoms with E-state index in [1.807, 2.05) is 0 Å². The first-order valence-electron chi connectivity index (χ1n) is 7.05. The lowest BCUT2D eigenvalue weighted by atomic mass is 9.97. The molecule has 1 saturated heterocycles. The minimum Gasteiger partial charge on any atom is -0.481 e. The molecule has 7 heteroatoms. The van der Waals surface area contributed by atoms with Crippen LogP contribution in [0, 0.1) is 11.8 Å². The Balaban J connectivity index is 1.83. The lowest BCUT2D eigenvalue weighted by molar-refractivity contribution is -0.141. The van der Waals surface area contributed by atoms with Crippen LogP contribution in [0.15, 0.2) is 0 Å². The first-order chi connectivity index (χ1) is 9.47. The second-order valence-corrected chi connectivity index (χ2v) is 5.68. The van der Waals surface area contributed by atoms with Gasteiger partial charge in [-0.2, -0.15) is 0 Å². The number of carbonyl (C=O) groups is 3. The van der Waals surface area contributed by atoms with Crippen LogP contribution < -0.4 is 11.1 Å². The fourth-order valence-electron chi connectivity index (χ4n) is 3.05. The molecular formula is C13H21N3O4. The van der Waals surface area contributed by atoms with Crippen molar-refractivity contribution < 1.29 is 19.5 Å². The molecule has 4 N–H and O–H groups in total. The second kappa shape index (κ2) is 6.11. The van der Waals surface area contributed by atoms with E-state index in [0.717, 1.165) is 12.8 Å². The summed E-state index contributed by atoms with van der Waals surface area (Å²) in [6.07, 6.45) is 3.31. The van der Waals surface area contributed by atoms with E-state index in [-0.39, 0.29) is 23.8 Å². The third-order valence-corrected chi connectivity index (χ3v) is 4.23. The van der Waals surface area contributed by atoms with Crippen LogP contribution in [0.1, 0.15) is 32.1 Å². The summed E-state index contributed by atoms with van der Waals surface area (Å²) in [5, 5.41) is 11.9. The number of urea groups is 1. The number of carboxylic acids is 1. The molecule has 2 fully saturated rings. The second-order valence-electron chi connectivity index (χ2n) is 5.68. The topological polar surface area (TPSA) is 113 Å². The van der Waals surface area contributed by atoms with Crippen LogP contribution in [0.3, 0.4) is 0 Å². The molecule has 2 aliphatic rings. The van der Waals surface area contributed by atoms with Crippen molar-refractivity contribution in [2.24, 2.45) is 17.6 Å². The van der Waals surface area contributed by atoms with E-state index < -0.39 is 12.0 Å². The van der Waals surface area contributed by atoms with Gasteiger partial charge >= 0.3 is 12.0 Å². The van der Waals surface area contributed by atoms with Crippen molar-refractivity contribution in [3.63, 3.8) is 0 Å². The van der Waals surface area contributed by atoms with Gasteiger partial charge in [0.05, 0.1) is 11.8 Å². The van der Waals surface area contributed by atoms with Gasteiger partial charge in [0.1, 0.15) is 0 Å². The van der Waals surface area contributed by atoms with Gasteiger partial charge in [-0.3, -0.25) is 9.59 Å². The van der Waals surface area contributed by atoms with E-state index in [2.05, 4.69) is 5.32 Å². The van der Waals surface area contributed by atoms with Crippen molar-refractivity contribution >= 4 is 17.9 Å². The van der Waals surface area contributed by atoms with Crippen LogP contribution in [-0.4, -0.2) is 47.0 Å². The molecule has 112 valence electrons. The maximum absolute atomic E-state index is 12.2. The van der Waals surface area contributed by atoms with Crippen molar-refractivity contribution in [1.82, 2.24) is 10.2 Å². The van der Waals surface area contributed by atoms with Gasteiger partial charge in [-0.15, -0.1) is 0 Å². The SMILES string of the molecule is NC(=O)N1CCCC(C(=O)N[C@H]2CC[C@@H](C(=O)O)C2)C1. The largest absolute Gasteiger partial charge is 0.481 e. The number of hydrogen-bond donors (Lipinski definition) is 3. The van der Waals surface area contributed by atoms with Crippen LogP contribution in [0.4, 0.5) is 4.79 Å². The van der Waals surface area contributed by atoms with Crippen molar-refractivity contribution in [3.05, 3.63) is 0 Å². The molecule has 1 heterocycles. The first kappa shape index (κ1) is 14.6. The third-order valence-electron chi connectivity index (χ3n) is 4.23. The lowest BCUT2D eigenvalue weighted by Crippen LogP contribution is -2.48. The fraction of sp³-hybridized carbons (Fsp3) is 0.769. The Morgan fingerprint density at radius 2 is 1.90 bits per heavy atom. The molecule has 3 amide bonds. The van der Waals surface area contributed by atoms with Gasteiger partial charge in [-0.25, -0.2) is 4.79 Å². The summed E-state index contributed by atoms with van der Waals surface area (Å²) < 4.78 is 0. The van der Waals surface area contributed by atoms with Crippen LogP contribution in [-0.2, 0) is 9.59 Å². The number of aliphatic carboxylic acids is 1. The summed E-state index contributed by atoms with van der Waals surface area (Å²) in [4.78, 5) is 35.7. The molecule has 20 heavy (non-hydrogen) atoms. The summed E-state index contributed by atoms with van der Waals surface area (Å²) in [6, 6.07) is -0.554. The Bertz CT molecular complexity index is 412. The number of amides is 3. The Labute approximate surface area is 117 Å². The zero-order chi connectivity index (χ0) is 14.7. The van der Waals surface area contributed by atoms with Crippen LogP contribution in [0.25, 0.3) is 0 Å². The maximum Gasteiger partial charge on any atom is 0.314 e. The van der Waals surface area contributed by atoms with E-state index in [1.54, 1.807) is 0 Å². The van der Waals surface area contributed by atoms with E-state index in [4.69, 9.17) is 10.8 Å². The van der Waals surface area contributed by atoms with Crippen LogP contribution in [0.5, 0.6) is 0 Å². The average molecular weight is 283 g/mol. The number of nitrogens with one attached hydrogen (secondary N) is 1. The summed E-state index contributed by atoms with van der Waals surface area (Å²) in [5.41, 5.74) is 5.23. The van der Waals surface area contributed by atoms with Gasteiger partial charge in [-0.1, -0.05) is 0 Å². The minimum atomic E-state index is -0.792. The summed E-state index contributed by atoms with van der Waals surface area (Å²) in [5.74, 6) is -1.47. The summed E-state index contributed by atoms with van der Waals surface area (Å²) in [6.45, 7) is 0.958. The van der Waals surface area contributed by atoms with Gasteiger partial charge in [0, 0.05) is 19.1 Å². The Hall–Kier alpha value is -1.79. The quantitative estimate of drug-likeness (QED) is 0.684. The highest BCUT2D eigenvalue weighted by atomic mass is 16.4. The molecule has 7 nitrogen and oxygen atoms in total. The number of primary amides is 1. The highest BCUT2D eigenvalue weighted by Crippen LogP contribution is 2.26. The molecule has 0 aromatic rings. The molecule has 1 saturated carbocycles. The normalized spacial score (nSPS) is 30.0. The fourth-order valence-corrected chi connectivity index (χ4v) is 3.05. The van der Waals surface area contributed by atoms with E-state index in [9.17, 15) is 14.4 Å². The molecular weight excluding hydrogens is 262 g/mol. The number of hydrogen-bond acceptors (Lipinski definition) is 3. The predicted molar refractivity (Wildman–Crippen MR) is 70.8 cm³/mol. The van der Waals surface area contributed by atoms with Crippen molar-refractivity contribution in [3.8, 4) is 0 Å². The molecule has 1 unspecified atom stereocenters. The number of carbonyl (C=O) groups excluding carboxylic acids is 2. The predicted octanol–water partition coefficient (Wildman–Crippen LogP) is 0.147. The first-order valence-corrected chi connectivity index (χ1v) is 7.05. The molecule has 0 aromatic heterocycles. The van der Waals surface area contributed by atoms with E-state index in [0.29, 0.717) is 32.4 Å². The van der Waals surface area contributed by atoms with E-state index in [1.165, 1.54) is 4.90 Å². The van der Waals surface area contributed by atoms with Gasteiger partial charge < -0.3 is 21.1 Å². The van der Waals surface area contributed by atoms with Crippen molar-refractivity contribution in [1.29, 1.82) is 0 Å². The number of rotatable bonds is 3. The molecule has 0 radical (unpaired) electrons. The Morgan fingerprint density at radius 3 is 2.50 bits per heavy atom. The smallest absolute Gasteiger partial charge is 0.314 e. The van der Waals surface area contributed by atoms with Gasteiger partial charge in [0.15, 0.2) is 0 Å². The molecule has 2 rings (SSSR count).